The summed E-state index contributed by atoms with van der Waals surface area (Å²) in [6.07, 6.45) is 5.04. The van der Waals surface area contributed by atoms with Crippen molar-refractivity contribution < 1.29 is 22.4 Å². The SMILES string of the molecule is Cc1ccc(N(CC(=O)N(Cc2cccc(Br)c2)C(C)C(=O)NC2CCCCC2)S(=O)(=O)c2ccc(F)cc2)cc1. The Morgan fingerprint density at radius 1 is 1.00 bits per heavy atom. The normalized spacial score (nSPS) is 14.7. The highest BCUT2D eigenvalue weighted by molar-refractivity contribution is 9.10. The molecule has 4 rings (SSSR count). The van der Waals surface area contributed by atoms with Gasteiger partial charge in [-0.2, -0.15) is 0 Å². The number of nitrogens with zero attached hydrogens (tertiary/aromatic N) is 2. The van der Waals surface area contributed by atoms with E-state index in [2.05, 4.69) is 21.2 Å². The van der Waals surface area contributed by atoms with Crippen LogP contribution in [-0.4, -0.2) is 43.8 Å². The topological polar surface area (TPSA) is 86.8 Å². The van der Waals surface area contributed by atoms with E-state index in [1.165, 1.54) is 17.0 Å². The Morgan fingerprint density at radius 3 is 2.29 bits per heavy atom. The second kappa shape index (κ2) is 13.6. The quantitative estimate of drug-likeness (QED) is 0.295. The van der Waals surface area contributed by atoms with E-state index in [-0.39, 0.29) is 29.1 Å². The Bertz CT molecular complexity index is 1460. The molecule has 3 aromatic rings. The number of nitrogens with one attached hydrogen (secondary N) is 1. The third-order valence-electron chi connectivity index (χ3n) is 7.36. The largest absolute Gasteiger partial charge is 0.352 e. The molecule has 1 fully saturated rings. The maximum atomic E-state index is 14.0. The van der Waals surface area contributed by atoms with Crippen LogP contribution in [0.25, 0.3) is 0 Å². The first-order valence-electron chi connectivity index (χ1n) is 13.7. The standard InChI is InChI=1S/C31H35BrFN3O4S/c1-22-11-15-28(16-12-22)36(41(39,40)29-17-13-26(33)14-18-29)21-30(37)35(20-24-7-6-8-25(32)19-24)23(2)31(38)34-27-9-4-3-5-10-27/h6-8,11-19,23,27H,3-5,9-10,20-21H2,1-2H3,(H,34,38). The second-order valence-electron chi connectivity index (χ2n) is 10.5. The first-order valence-corrected chi connectivity index (χ1v) is 16.0. The van der Waals surface area contributed by atoms with E-state index in [0.29, 0.717) is 0 Å². The van der Waals surface area contributed by atoms with Gasteiger partial charge in [0, 0.05) is 17.1 Å². The minimum absolute atomic E-state index is 0.0597. The van der Waals surface area contributed by atoms with Crippen LogP contribution >= 0.6 is 15.9 Å². The number of carbonyl (C=O) groups is 2. The van der Waals surface area contributed by atoms with Gasteiger partial charge in [0.25, 0.3) is 10.0 Å². The van der Waals surface area contributed by atoms with E-state index in [9.17, 15) is 22.4 Å². The number of anilines is 1. The molecule has 0 spiro atoms. The molecule has 1 N–H and O–H groups in total. The number of halogens is 2. The van der Waals surface area contributed by atoms with Gasteiger partial charge < -0.3 is 10.2 Å². The molecule has 7 nitrogen and oxygen atoms in total. The molecular weight excluding hydrogens is 609 g/mol. The van der Waals surface area contributed by atoms with Crippen molar-refractivity contribution in [2.45, 2.75) is 69.5 Å². The lowest BCUT2D eigenvalue weighted by molar-refractivity contribution is -0.139. The van der Waals surface area contributed by atoms with Crippen LogP contribution in [0.1, 0.15) is 50.2 Å². The maximum Gasteiger partial charge on any atom is 0.264 e. The summed E-state index contributed by atoms with van der Waals surface area (Å²) in [5.41, 5.74) is 1.99. The van der Waals surface area contributed by atoms with E-state index >= 15 is 0 Å². The highest BCUT2D eigenvalue weighted by Gasteiger charge is 2.33. The van der Waals surface area contributed by atoms with Crippen molar-refractivity contribution in [3.63, 3.8) is 0 Å². The first-order chi connectivity index (χ1) is 19.5. The van der Waals surface area contributed by atoms with Crippen LogP contribution < -0.4 is 9.62 Å². The van der Waals surface area contributed by atoms with Gasteiger partial charge in [-0.3, -0.25) is 13.9 Å². The summed E-state index contributed by atoms with van der Waals surface area (Å²) in [7, 11) is -4.25. The molecule has 0 radical (unpaired) electrons. The van der Waals surface area contributed by atoms with Gasteiger partial charge in [0.05, 0.1) is 10.6 Å². The van der Waals surface area contributed by atoms with Crippen molar-refractivity contribution in [2.75, 3.05) is 10.8 Å². The van der Waals surface area contributed by atoms with Crippen LogP contribution in [0.15, 0.2) is 82.2 Å². The number of aryl methyl sites for hydroxylation is 1. The molecule has 2 amide bonds. The van der Waals surface area contributed by atoms with E-state index in [4.69, 9.17) is 0 Å². The maximum absolute atomic E-state index is 14.0. The molecule has 1 aliphatic rings. The molecule has 218 valence electrons. The molecule has 3 aromatic carbocycles. The molecule has 0 bridgehead atoms. The zero-order chi connectivity index (χ0) is 29.6. The van der Waals surface area contributed by atoms with Crippen molar-refractivity contribution in [1.82, 2.24) is 10.2 Å². The molecule has 41 heavy (non-hydrogen) atoms. The molecule has 1 atom stereocenters. The number of amides is 2. The molecule has 0 aromatic heterocycles. The summed E-state index contributed by atoms with van der Waals surface area (Å²) >= 11 is 3.46. The number of carbonyl (C=O) groups excluding carboxylic acids is 2. The monoisotopic (exact) mass is 643 g/mol. The Labute approximate surface area is 249 Å². The summed E-state index contributed by atoms with van der Waals surface area (Å²) in [6, 6.07) is 17.9. The molecule has 1 saturated carbocycles. The molecule has 1 aliphatic carbocycles. The van der Waals surface area contributed by atoms with Crippen LogP contribution in [-0.2, 0) is 26.2 Å². The van der Waals surface area contributed by atoms with Gasteiger partial charge in [0.1, 0.15) is 18.4 Å². The summed E-state index contributed by atoms with van der Waals surface area (Å²) in [5, 5.41) is 3.09. The van der Waals surface area contributed by atoms with Crippen molar-refractivity contribution >= 4 is 43.5 Å². The smallest absolute Gasteiger partial charge is 0.264 e. The van der Waals surface area contributed by atoms with Gasteiger partial charge in [0.2, 0.25) is 11.8 Å². The summed E-state index contributed by atoms with van der Waals surface area (Å²) in [5.74, 6) is -1.38. The van der Waals surface area contributed by atoms with E-state index in [1.807, 2.05) is 31.2 Å². The Balaban J connectivity index is 1.67. The molecule has 0 heterocycles. The van der Waals surface area contributed by atoms with E-state index in [0.717, 1.165) is 64.1 Å². The van der Waals surface area contributed by atoms with Gasteiger partial charge in [-0.25, -0.2) is 12.8 Å². The lowest BCUT2D eigenvalue weighted by Crippen LogP contribution is -2.53. The summed E-state index contributed by atoms with van der Waals surface area (Å²) < 4.78 is 43.1. The number of hydrogen-bond acceptors (Lipinski definition) is 4. The minimum Gasteiger partial charge on any atom is -0.352 e. The number of rotatable bonds is 10. The van der Waals surface area contributed by atoms with Gasteiger partial charge >= 0.3 is 0 Å². The van der Waals surface area contributed by atoms with Crippen LogP contribution in [0, 0.1) is 12.7 Å². The van der Waals surface area contributed by atoms with Gasteiger partial charge in [0.15, 0.2) is 0 Å². The third kappa shape index (κ3) is 7.95. The number of hydrogen-bond donors (Lipinski definition) is 1. The fourth-order valence-corrected chi connectivity index (χ4v) is 6.82. The van der Waals surface area contributed by atoms with Crippen molar-refractivity contribution in [1.29, 1.82) is 0 Å². The lowest BCUT2D eigenvalue weighted by atomic mass is 9.95. The molecular formula is C31H35BrFN3O4S. The predicted molar refractivity (Wildman–Crippen MR) is 161 cm³/mol. The Hall–Kier alpha value is -3.24. The highest BCUT2D eigenvalue weighted by Crippen LogP contribution is 2.26. The zero-order valence-electron chi connectivity index (χ0n) is 23.2. The number of benzene rings is 3. The van der Waals surface area contributed by atoms with Crippen LogP contribution in [0.3, 0.4) is 0 Å². The Morgan fingerprint density at radius 2 is 1.66 bits per heavy atom. The predicted octanol–water partition coefficient (Wildman–Crippen LogP) is 5.96. The van der Waals surface area contributed by atoms with Gasteiger partial charge in [-0.15, -0.1) is 0 Å². The van der Waals surface area contributed by atoms with Crippen molar-refractivity contribution in [2.24, 2.45) is 0 Å². The third-order valence-corrected chi connectivity index (χ3v) is 9.64. The van der Waals surface area contributed by atoms with Crippen LogP contribution in [0.4, 0.5) is 10.1 Å². The van der Waals surface area contributed by atoms with E-state index < -0.39 is 34.3 Å². The second-order valence-corrected chi connectivity index (χ2v) is 13.3. The minimum atomic E-state index is -4.25. The average molecular weight is 645 g/mol. The molecule has 0 saturated heterocycles. The van der Waals surface area contributed by atoms with Crippen molar-refractivity contribution in [3.05, 3.63) is 94.2 Å². The molecule has 0 aliphatic heterocycles. The molecule has 1 unspecified atom stereocenters. The van der Waals surface area contributed by atoms with Crippen molar-refractivity contribution in [3.8, 4) is 0 Å². The van der Waals surface area contributed by atoms with E-state index in [1.54, 1.807) is 31.2 Å². The summed E-state index contributed by atoms with van der Waals surface area (Å²) in [6.45, 7) is 3.10. The molecule has 10 heteroatoms. The first kappa shape index (κ1) is 30.7. The van der Waals surface area contributed by atoms with Gasteiger partial charge in [-0.05, 0) is 80.8 Å². The van der Waals surface area contributed by atoms with Crippen LogP contribution in [0.5, 0.6) is 0 Å². The fraction of sp³-hybridized carbons (Fsp3) is 0.355. The lowest BCUT2D eigenvalue weighted by Gasteiger charge is -2.33. The summed E-state index contributed by atoms with van der Waals surface area (Å²) in [4.78, 5) is 28.7. The van der Waals surface area contributed by atoms with Gasteiger partial charge in [-0.1, -0.05) is 65.0 Å². The highest BCUT2D eigenvalue weighted by atomic mass is 79.9. The van der Waals surface area contributed by atoms with Crippen LogP contribution in [0.2, 0.25) is 0 Å². The average Bonchev–Trinajstić information content (AvgIpc) is 2.95. The number of sulfonamides is 1. The fourth-order valence-electron chi connectivity index (χ4n) is 4.96. The Kier molecular flexibility index (Phi) is 10.2. The zero-order valence-corrected chi connectivity index (χ0v) is 25.6.